The zero-order chi connectivity index (χ0) is 12.1. The van der Waals surface area contributed by atoms with E-state index in [1.807, 2.05) is 19.2 Å². The molecule has 0 bridgehead atoms. The Bertz CT molecular complexity index is 341. The fourth-order valence-electron chi connectivity index (χ4n) is 1.64. The number of nitrogen functional groups attached to an aromatic ring is 1. The quantitative estimate of drug-likeness (QED) is 0.832. The first-order valence-electron chi connectivity index (χ1n) is 5.63. The van der Waals surface area contributed by atoms with Gasteiger partial charge in [0.1, 0.15) is 5.82 Å². The largest absolute Gasteiger partial charge is 0.479 e. The third-order valence-corrected chi connectivity index (χ3v) is 2.80. The van der Waals surface area contributed by atoms with Crippen LogP contribution in [0, 0.1) is 0 Å². The van der Waals surface area contributed by atoms with Crippen LogP contribution in [0.15, 0.2) is 12.1 Å². The lowest BCUT2D eigenvalue weighted by atomic mass is 10.2. The lowest BCUT2D eigenvalue weighted by molar-refractivity contribution is 0.400. The Morgan fingerprint density at radius 2 is 2.19 bits per heavy atom. The first kappa shape index (κ1) is 12.6. The predicted molar refractivity (Wildman–Crippen MR) is 68.0 cm³/mol. The van der Waals surface area contributed by atoms with Gasteiger partial charge in [-0.05, 0) is 25.5 Å². The van der Waals surface area contributed by atoms with E-state index in [4.69, 9.17) is 10.5 Å². The van der Waals surface area contributed by atoms with E-state index in [2.05, 4.69) is 23.7 Å². The molecule has 0 amide bonds. The number of rotatable bonds is 5. The summed E-state index contributed by atoms with van der Waals surface area (Å²) < 4.78 is 5.11. The van der Waals surface area contributed by atoms with Crippen LogP contribution in [0.2, 0.25) is 0 Å². The molecule has 0 fully saturated rings. The van der Waals surface area contributed by atoms with Crippen LogP contribution in [0.4, 0.5) is 11.5 Å². The number of aromatic nitrogens is 1. The average Bonchev–Trinajstić information content (AvgIpc) is 2.29. The predicted octanol–water partition coefficient (Wildman–Crippen LogP) is 2.30. The van der Waals surface area contributed by atoms with E-state index >= 15 is 0 Å². The van der Waals surface area contributed by atoms with Gasteiger partial charge in [0.05, 0.1) is 12.8 Å². The summed E-state index contributed by atoms with van der Waals surface area (Å²) in [6.07, 6.45) is 2.31. The first-order chi connectivity index (χ1) is 7.60. The maximum absolute atomic E-state index is 5.73. The van der Waals surface area contributed by atoms with Gasteiger partial charge in [0.25, 0.3) is 0 Å². The third kappa shape index (κ3) is 2.78. The van der Waals surface area contributed by atoms with Gasteiger partial charge in [0.15, 0.2) is 0 Å². The van der Waals surface area contributed by atoms with E-state index in [0.717, 1.165) is 18.7 Å². The molecule has 0 radical (unpaired) electrons. The van der Waals surface area contributed by atoms with Crippen molar-refractivity contribution in [2.45, 2.75) is 32.7 Å². The molecule has 1 aromatic rings. The van der Waals surface area contributed by atoms with Crippen LogP contribution in [-0.4, -0.2) is 25.2 Å². The van der Waals surface area contributed by atoms with Gasteiger partial charge in [-0.15, -0.1) is 0 Å². The highest BCUT2D eigenvalue weighted by atomic mass is 16.5. The lowest BCUT2D eigenvalue weighted by Crippen LogP contribution is -2.29. The molecule has 16 heavy (non-hydrogen) atoms. The van der Waals surface area contributed by atoms with Crippen molar-refractivity contribution in [3.63, 3.8) is 0 Å². The Balaban J connectivity index is 2.87. The minimum atomic E-state index is 0.464. The Kier molecular flexibility index (Phi) is 4.40. The Labute approximate surface area is 97.4 Å². The van der Waals surface area contributed by atoms with E-state index in [-0.39, 0.29) is 0 Å². The molecule has 0 aliphatic carbocycles. The number of ether oxygens (including phenoxy) is 1. The summed E-state index contributed by atoms with van der Waals surface area (Å²) in [5.74, 6) is 1.39. The molecule has 1 unspecified atom stereocenters. The summed E-state index contributed by atoms with van der Waals surface area (Å²) in [4.78, 5) is 6.52. The first-order valence-corrected chi connectivity index (χ1v) is 5.63. The summed E-state index contributed by atoms with van der Waals surface area (Å²) in [6.45, 7) is 4.37. The molecule has 0 saturated carbocycles. The zero-order valence-electron chi connectivity index (χ0n) is 10.5. The molecule has 0 saturated heterocycles. The fraction of sp³-hybridized carbons (Fsp3) is 0.583. The second-order valence-electron chi connectivity index (χ2n) is 4.02. The lowest BCUT2D eigenvalue weighted by Gasteiger charge is -2.26. The summed E-state index contributed by atoms with van der Waals surface area (Å²) in [6, 6.07) is 4.21. The fourth-order valence-corrected chi connectivity index (χ4v) is 1.64. The van der Waals surface area contributed by atoms with Crippen LogP contribution in [0.25, 0.3) is 0 Å². The molecule has 0 aliphatic rings. The van der Waals surface area contributed by atoms with Gasteiger partial charge in [0.2, 0.25) is 5.88 Å². The molecule has 1 heterocycles. The molecular formula is C12H21N3O. The van der Waals surface area contributed by atoms with Crippen molar-refractivity contribution >= 4 is 11.5 Å². The van der Waals surface area contributed by atoms with Crippen molar-refractivity contribution < 1.29 is 4.74 Å². The van der Waals surface area contributed by atoms with Gasteiger partial charge in [-0.1, -0.05) is 13.3 Å². The average molecular weight is 223 g/mol. The molecule has 0 spiro atoms. The molecule has 0 aromatic carbocycles. The molecule has 2 N–H and O–H groups in total. The van der Waals surface area contributed by atoms with Crippen LogP contribution in [0.1, 0.15) is 26.7 Å². The number of anilines is 2. The smallest absolute Gasteiger partial charge is 0.238 e. The van der Waals surface area contributed by atoms with E-state index in [1.54, 1.807) is 7.11 Å². The molecule has 4 heteroatoms. The van der Waals surface area contributed by atoms with Crippen LogP contribution >= 0.6 is 0 Å². The monoisotopic (exact) mass is 223 g/mol. The topological polar surface area (TPSA) is 51.4 Å². The number of methoxy groups -OCH3 is 1. The van der Waals surface area contributed by atoms with E-state index in [0.29, 0.717) is 17.6 Å². The molecule has 1 rings (SSSR count). The highest BCUT2D eigenvalue weighted by molar-refractivity contribution is 5.54. The summed E-state index contributed by atoms with van der Waals surface area (Å²) >= 11 is 0. The number of nitrogens with zero attached hydrogens (tertiary/aromatic N) is 2. The minimum absolute atomic E-state index is 0.464. The second kappa shape index (κ2) is 5.58. The number of nitrogens with two attached hydrogens (primary N) is 1. The zero-order valence-corrected chi connectivity index (χ0v) is 10.5. The SMILES string of the molecule is CCCC(C)N(C)c1ccc(N)c(OC)n1. The van der Waals surface area contributed by atoms with Crippen molar-refractivity contribution in [3.05, 3.63) is 12.1 Å². The maximum atomic E-state index is 5.73. The van der Waals surface area contributed by atoms with Crippen molar-refractivity contribution in [1.29, 1.82) is 0 Å². The maximum Gasteiger partial charge on any atom is 0.238 e. The second-order valence-corrected chi connectivity index (χ2v) is 4.02. The van der Waals surface area contributed by atoms with E-state index in [9.17, 15) is 0 Å². The van der Waals surface area contributed by atoms with Gasteiger partial charge in [-0.2, -0.15) is 4.98 Å². The van der Waals surface area contributed by atoms with E-state index < -0.39 is 0 Å². The van der Waals surface area contributed by atoms with E-state index in [1.165, 1.54) is 0 Å². The number of hydrogen-bond donors (Lipinski definition) is 1. The van der Waals surface area contributed by atoms with Crippen molar-refractivity contribution in [3.8, 4) is 5.88 Å². The summed E-state index contributed by atoms with van der Waals surface area (Å²) in [7, 11) is 3.62. The number of hydrogen-bond acceptors (Lipinski definition) is 4. The normalized spacial score (nSPS) is 12.2. The molecule has 90 valence electrons. The molecular weight excluding hydrogens is 202 g/mol. The molecule has 0 aliphatic heterocycles. The Morgan fingerprint density at radius 3 is 2.75 bits per heavy atom. The van der Waals surface area contributed by atoms with Gasteiger partial charge in [-0.3, -0.25) is 0 Å². The summed E-state index contributed by atoms with van der Waals surface area (Å²) in [5.41, 5.74) is 6.30. The Hall–Kier alpha value is -1.45. The minimum Gasteiger partial charge on any atom is -0.479 e. The standard InChI is InChI=1S/C12H21N3O/c1-5-6-9(2)15(3)11-8-7-10(13)12(14-11)16-4/h7-9H,5-6,13H2,1-4H3. The third-order valence-electron chi connectivity index (χ3n) is 2.80. The summed E-state index contributed by atoms with van der Waals surface area (Å²) in [5, 5.41) is 0. The van der Waals surface area contributed by atoms with Gasteiger partial charge in [0, 0.05) is 13.1 Å². The van der Waals surface area contributed by atoms with Crippen LogP contribution in [0.5, 0.6) is 5.88 Å². The van der Waals surface area contributed by atoms with Crippen molar-refractivity contribution in [2.24, 2.45) is 0 Å². The van der Waals surface area contributed by atoms with Gasteiger partial charge >= 0.3 is 0 Å². The van der Waals surface area contributed by atoms with Gasteiger partial charge in [-0.25, -0.2) is 0 Å². The highest BCUT2D eigenvalue weighted by Gasteiger charge is 2.12. The van der Waals surface area contributed by atoms with Crippen LogP contribution in [0.3, 0.4) is 0 Å². The van der Waals surface area contributed by atoms with Crippen LogP contribution < -0.4 is 15.4 Å². The molecule has 4 nitrogen and oxygen atoms in total. The van der Waals surface area contributed by atoms with Crippen LogP contribution in [-0.2, 0) is 0 Å². The van der Waals surface area contributed by atoms with Crippen molar-refractivity contribution in [1.82, 2.24) is 4.98 Å². The Morgan fingerprint density at radius 1 is 1.50 bits per heavy atom. The molecule has 1 atom stereocenters. The highest BCUT2D eigenvalue weighted by Crippen LogP contribution is 2.23. The van der Waals surface area contributed by atoms with Crippen molar-refractivity contribution in [2.75, 3.05) is 24.8 Å². The van der Waals surface area contributed by atoms with Gasteiger partial charge < -0.3 is 15.4 Å². The number of pyridine rings is 1. The molecule has 1 aromatic heterocycles.